The lowest BCUT2D eigenvalue weighted by molar-refractivity contribution is -0.128. The fourth-order valence-corrected chi connectivity index (χ4v) is 0.653. The number of hydrogen-bond acceptors (Lipinski definition) is 2. The van der Waals surface area contributed by atoms with Crippen LogP contribution in [0.5, 0.6) is 0 Å². The maximum absolute atomic E-state index is 11.3. The molecule has 0 aliphatic rings. The summed E-state index contributed by atoms with van der Waals surface area (Å²) in [7, 11) is 0. The van der Waals surface area contributed by atoms with Crippen LogP contribution >= 0.6 is 11.6 Å². The van der Waals surface area contributed by atoms with Gasteiger partial charge < -0.3 is 5.32 Å². The van der Waals surface area contributed by atoms with Gasteiger partial charge in [-0.15, -0.1) is 11.6 Å². The number of nitriles is 1. The molecule has 0 fully saturated rings. The highest BCUT2D eigenvalue weighted by Gasteiger charge is 2.25. The van der Waals surface area contributed by atoms with E-state index >= 15 is 0 Å². The molecule has 0 aromatic carbocycles. The first kappa shape index (κ1) is 11.2. The summed E-state index contributed by atoms with van der Waals surface area (Å²) >= 11 is 5.58. The molecular formula is C8H13ClN2O. The fraction of sp³-hybridized carbons (Fsp3) is 0.750. The highest BCUT2D eigenvalue weighted by molar-refractivity contribution is 6.19. The van der Waals surface area contributed by atoms with Gasteiger partial charge in [-0.25, -0.2) is 0 Å². The SMILES string of the molecule is CC(C)(CCl)C(=O)NCCC#N. The lowest BCUT2D eigenvalue weighted by Crippen LogP contribution is -2.38. The molecular weight excluding hydrogens is 176 g/mol. The lowest BCUT2D eigenvalue weighted by atomic mass is 9.95. The molecule has 0 heterocycles. The van der Waals surface area contributed by atoms with Gasteiger partial charge in [-0.05, 0) is 13.8 Å². The molecule has 3 nitrogen and oxygen atoms in total. The first-order valence-corrected chi connectivity index (χ1v) is 4.29. The zero-order valence-corrected chi connectivity index (χ0v) is 8.11. The van der Waals surface area contributed by atoms with Crippen molar-refractivity contribution in [3.63, 3.8) is 0 Å². The Morgan fingerprint density at radius 1 is 1.67 bits per heavy atom. The van der Waals surface area contributed by atoms with E-state index in [0.717, 1.165) is 0 Å². The van der Waals surface area contributed by atoms with Crippen LogP contribution in [0, 0.1) is 16.7 Å². The molecule has 68 valence electrons. The Labute approximate surface area is 77.7 Å². The summed E-state index contributed by atoms with van der Waals surface area (Å²) in [4.78, 5) is 11.3. The summed E-state index contributed by atoms with van der Waals surface area (Å²) in [5.74, 6) is 0.179. The van der Waals surface area contributed by atoms with Crippen molar-refractivity contribution in [2.24, 2.45) is 5.41 Å². The summed E-state index contributed by atoms with van der Waals surface area (Å²) in [5, 5.41) is 10.8. The molecule has 1 amide bonds. The third-order valence-corrected chi connectivity index (χ3v) is 2.14. The predicted octanol–water partition coefficient (Wildman–Crippen LogP) is 1.28. The number of carbonyl (C=O) groups excluding carboxylic acids is 1. The normalized spacial score (nSPS) is 10.5. The van der Waals surface area contributed by atoms with Gasteiger partial charge in [0.25, 0.3) is 0 Å². The average molecular weight is 189 g/mol. The maximum atomic E-state index is 11.3. The van der Waals surface area contributed by atoms with Crippen molar-refractivity contribution in [2.45, 2.75) is 20.3 Å². The minimum Gasteiger partial charge on any atom is -0.355 e. The Kier molecular flexibility index (Phi) is 4.68. The Morgan fingerprint density at radius 3 is 2.67 bits per heavy atom. The molecule has 0 rings (SSSR count). The van der Waals surface area contributed by atoms with Gasteiger partial charge in [0.15, 0.2) is 0 Å². The third kappa shape index (κ3) is 3.59. The van der Waals surface area contributed by atoms with Crippen LogP contribution in [0.25, 0.3) is 0 Å². The smallest absolute Gasteiger partial charge is 0.226 e. The summed E-state index contributed by atoms with van der Waals surface area (Å²) in [6.07, 6.45) is 0.337. The predicted molar refractivity (Wildman–Crippen MR) is 47.7 cm³/mol. The number of carbonyl (C=O) groups is 1. The number of amides is 1. The molecule has 0 spiro atoms. The monoisotopic (exact) mass is 188 g/mol. The molecule has 0 aromatic heterocycles. The van der Waals surface area contributed by atoms with Crippen LogP contribution in [0.1, 0.15) is 20.3 Å². The van der Waals surface area contributed by atoms with Crippen LogP contribution in [-0.4, -0.2) is 18.3 Å². The Balaban J connectivity index is 3.81. The van der Waals surface area contributed by atoms with Crippen LogP contribution in [0.4, 0.5) is 0 Å². The molecule has 0 saturated carbocycles. The summed E-state index contributed by atoms with van der Waals surface area (Å²) in [6.45, 7) is 3.93. The van der Waals surface area contributed by atoms with Gasteiger partial charge in [-0.2, -0.15) is 5.26 Å². The Hall–Kier alpha value is -0.750. The summed E-state index contributed by atoms with van der Waals surface area (Å²) in [5.41, 5.74) is -0.545. The molecule has 0 saturated heterocycles. The van der Waals surface area contributed by atoms with Crippen LogP contribution in [0.2, 0.25) is 0 Å². The second-order valence-corrected chi connectivity index (χ2v) is 3.45. The van der Waals surface area contributed by atoms with Crippen molar-refractivity contribution in [3.05, 3.63) is 0 Å². The van der Waals surface area contributed by atoms with E-state index < -0.39 is 5.41 Å². The third-order valence-electron chi connectivity index (χ3n) is 1.47. The fourth-order valence-electron chi connectivity index (χ4n) is 0.532. The second kappa shape index (κ2) is 5.00. The summed E-state index contributed by atoms with van der Waals surface area (Å²) in [6, 6.07) is 1.94. The average Bonchev–Trinajstić information content (AvgIpc) is 2.05. The quantitative estimate of drug-likeness (QED) is 0.534. The van der Waals surface area contributed by atoms with Gasteiger partial charge >= 0.3 is 0 Å². The Bertz CT molecular complexity index is 196. The van der Waals surface area contributed by atoms with Gasteiger partial charge in [0.1, 0.15) is 0 Å². The first-order chi connectivity index (χ1) is 5.54. The standard InChI is InChI=1S/C8H13ClN2O/c1-8(2,6-9)7(12)11-5-3-4-10/h3,5-6H2,1-2H3,(H,11,12). The number of rotatable bonds is 4. The molecule has 0 aliphatic carbocycles. The largest absolute Gasteiger partial charge is 0.355 e. The van der Waals surface area contributed by atoms with Crippen molar-refractivity contribution < 1.29 is 4.79 Å². The van der Waals surface area contributed by atoms with E-state index in [-0.39, 0.29) is 11.8 Å². The Morgan fingerprint density at radius 2 is 2.25 bits per heavy atom. The maximum Gasteiger partial charge on any atom is 0.226 e. The minimum atomic E-state index is -0.545. The van der Waals surface area contributed by atoms with Crippen molar-refractivity contribution in [1.82, 2.24) is 5.32 Å². The highest BCUT2D eigenvalue weighted by atomic mass is 35.5. The van der Waals surface area contributed by atoms with Crippen molar-refractivity contribution in [2.75, 3.05) is 12.4 Å². The number of nitrogens with zero attached hydrogens (tertiary/aromatic N) is 1. The van der Waals surface area contributed by atoms with E-state index in [4.69, 9.17) is 16.9 Å². The van der Waals surface area contributed by atoms with Crippen LogP contribution in [0.3, 0.4) is 0 Å². The molecule has 0 atom stereocenters. The lowest BCUT2D eigenvalue weighted by Gasteiger charge is -2.19. The van der Waals surface area contributed by atoms with Crippen molar-refractivity contribution in [3.8, 4) is 6.07 Å². The van der Waals surface area contributed by atoms with Gasteiger partial charge in [-0.1, -0.05) is 0 Å². The van der Waals surface area contributed by atoms with E-state index in [9.17, 15) is 4.79 Å². The highest BCUT2D eigenvalue weighted by Crippen LogP contribution is 2.16. The zero-order valence-electron chi connectivity index (χ0n) is 7.35. The van der Waals surface area contributed by atoms with Crippen LogP contribution in [0.15, 0.2) is 0 Å². The van der Waals surface area contributed by atoms with Crippen molar-refractivity contribution >= 4 is 17.5 Å². The number of nitrogens with one attached hydrogen (secondary N) is 1. The van der Waals surface area contributed by atoms with E-state index in [0.29, 0.717) is 13.0 Å². The van der Waals surface area contributed by atoms with E-state index in [1.807, 2.05) is 6.07 Å². The van der Waals surface area contributed by atoms with E-state index in [1.54, 1.807) is 13.8 Å². The molecule has 0 radical (unpaired) electrons. The summed E-state index contributed by atoms with van der Waals surface area (Å²) < 4.78 is 0. The number of alkyl halides is 1. The zero-order chi connectivity index (χ0) is 9.61. The molecule has 12 heavy (non-hydrogen) atoms. The van der Waals surface area contributed by atoms with Crippen LogP contribution in [-0.2, 0) is 4.79 Å². The molecule has 0 unspecified atom stereocenters. The second-order valence-electron chi connectivity index (χ2n) is 3.18. The molecule has 0 aliphatic heterocycles. The molecule has 4 heteroatoms. The molecule has 0 aromatic rings. The number of hydrogen-bond donors (Lipinski definition) is 1. The van der Waals surface area contributed by atoms with E-state index in [1.165, 1.54) is 0 Å². The van der Waals surface area contributed by atoms with Gasteiger partial charge in [-0.3, -0.25) is 4.79 Å². The topological polar surface area (TPSA) is 52.9 Å². The van der Waals surface area contributed by atoms with E-state index in [2.05, 4.69) is 5.32 Å². The van der Waals surface area contributed by atoms with Gasteiger partial charge in [0.05, 0.1) is 17.9 Å². The van der Waals surface area contributed by atoms with Gasteiger partial charge in [0, 0.05) is 12.4 Å². The first-order valence-electron chi connectivity index (χ1n) is 3.76. The molecule has 0 bridgehead atoms. The van der Waals surface area contributed by atoms with Crippen LogP contribution < -0.4 is 5.32 Å². The minimum absolute atomic E-state index is 0.104. The van der Waals surface area contributed by atoms with Crippen molar-refractivity contribution in [1.29, 1.82) is 5.26 Å². The molecule has 1 N–H and O–H groups in total. The van der Waals surface area contributed by atoms with Gasteiger partial charge in [0.2, 0.25) is 5.91 Å². The number of halogens is 1.